The summed E-state index contributed by atoms with van der Waals surface area (Å²) in [4.78, 5) is 4.31. The van der Waals surface area contributed by atoms with Crippen molar-refractivity contribution in [2.24, 2.45) is 11.8 Å². The van der Waals surface area contributed by atoms with E-state index in [2.05, 4.69) is 32.7 Å². The molecule has 1 rings (SSSR count). The molecule has 0 N–H and O–H groups in total. The Labute approximate surface area is 91.7 Å². The van der Waals surface area contributed by atoms with Gasteiger partial charge in [0.25, 0.3) is 0 Å². The third-order valence-electron chi connectivity index (χ3n) is 2.23. The van der Waals surface area contributed by atoms with Gasteiger partial charge in [-0.3, -0.25) is 0 Å². The van der Waals surface area contributed by atoms with Crippen LogP contribution in [-0.4, -0.2) is 4.98 Å². The molecule has 0 spiro atoms. The SMILES string of the molecule is CC(C)Cc1ncc[n+]([O-])c1CC(C)C. The van der Waals surface area contributed by atoms with E-state index >= 15 is 0 Å². The first-order valence-electron chi connectivity index (χ1n) is 5.56. The molecule has 1 aromatic rings. The van der Waals surface area contributed by atoms with Gasteiger partial charge in [-0.2, -0.15) is 4.73 Å². The van der Waals surface area contributed by atoms with E-state index < -0.39 is 0 Å². The lowest BCUT2D eigenvalue weighted by Gasteiger charge is -2.11. The molecule has 0 saturated carbocycles. The van der Waals surface area contributed by atoms with Crippen molar-refractivity contribution in [3.8, 4) is 0 Å². The molecule has 0 bridgehead atoms. The van der Waals surface area contributed by atoms with Gasteiger partial charge in [-0.05, 0) is 18.3 Å². The summed E-state index contributed by atoms with van der Waals surface area (Å²) in [5.74, 6) is 1.02. The van der Waals surface area contributed by atoms with E-state index in [-0.39, 0.29) is 0 Å². The van der Waals surface area contributed by atoms with Crippen LogP contribution in [0.25, 0.3) is 0 Å². The molecular weight excluding hydrogens is 188 g/mol. The maximum Gasteiger partial charge on any atom is 0.214 e. The normalized spacial score (nSPS) is 11.3. The number of hydrogen-bond acceptors (Lipinski definition) is 2. The van der Waals surface area contributed by atoms with Crippen LogP contribution in [0.4, 0.5) is 0 Å². The predicted octanol–water partition coefficient (Wildman–Crippen LogP) is 2.11. The fraction of sp³-hybridized carbons (Fsp3) is 0.667. The molecule has 3 nitrogen and oxygen atoms in total. The molecule has 15 heavy (non-hydrogen) atoms. The van der Waals surface area contributed by atoms with Gasteiger partial charge >= 0.3 is 0 Å². The van der Waals surface area contributed by atoms with Crippen molar-refractivity contribution in [2.75, 3.05) is 0 Å². The monoisotopic (exact) mass is 208 g/mol. The van der Waals surface area contributed by atoms with Gasteiger partial charge in [-0.15, -0.1) is 0 Å². The van der Waals surface area contributed by atoms with Crippen molar-refractivity contribution in [2.45, 2.75) is 40.5 Å². The number of hydrogen-bond donors (Lipinski definition) is 0. The smallest absolute Gasteiger partial charge is 0.214 e. The van der Waals surface area contributed by atoms with Crippen molar-refractivity contribution >= 4 is 0 Å². The largest absolute Gasteiger partial charge is 0.618 e. The highest BCUT2D eigenvalue weighted by molar-refractivity contribution is 5.07. The average Bonchev–Trinajstić information content (AvgIpc) is 2.09. The lowest BCUT2D eigenvalue weighted by atomic mass is 10.0. The fourth-order valence-electron chi connectivity index (χ4n) is 1.63. The highest BCUT2D eigenvalue weighted by Gasteiger charge is 2.16. The quantitative estimate of drug-likeness (QED) is 0.561. The van der Waals surface area contributed by atoms with Gasteiger partial charge < -0.3 is 5.21 Å². The Balaban J connectivity index is 2.97. The zero-order valence-electron chi connectivity index (χ0n) is 10.0. The van der Waals surface area contributed by atoms with Crippen molar-refractivity contribution in [3.05, 3.63) is 29.0 Å². The van der Waals surface area contributed by atoms with Crippen LogP contribution in [0.5, 0.6) is 0 Å². The molecule has 3 heteroatoms. The Bertz CT molecular complexity index is 321. The number of rotatable bonds is 4. The predicted molar refractivity (Wildman–Crippen MR) is 60.3 cm³/mol. The highest BCUT2D eigenvalue weighted by Crippen LogP contribution is 2.11. The van der Waals surface area contributed by atoms with Gasteiger partial charge in [0.05, 0.1) is 6.20 Å². The van der Waals surface area contributed by atoms with E-state index in [1.807, 2.05) is 0 Å². The van der Waals surface area contributed by atoms with Gasteiger partial charge in [-0.25, -0.2) is 4.98 Å². The van der Waals surface area contributed by atoms with E-state index in [1.165, 1.54) is 6.20 Å². The summed E-state index contributed by atoms with van der Waals surface area (Å²) < 4.78 is 0.963. The standard InChI is InChI=1S/C12H20N2O/c1-9(2)7-11-12(8-10(3)4)14(15)6-5-13-11/h5-6,9-10H,7-8H2,1-4H3. The van der Waals surface area contributed by atoms with E-state index in [0.717, 1.165) is 29.0 Å². The second-order valence-corrected chi connectivity index (χ2v) is 4.84. The Kier molecular flexibility index (Phi) is 4.06. The van der Waals surface area contributed by atoms with Crippen LogP contribution >= 0.6 is 0 Å². The molecule has 1 aromatic heterocycles. The molecular formula is C12H20N2O. The second kappa shape index (κ2) is 5.10. The summed E-state index contributed by atoms with van der Waals surface area (Å²) in [7, 11) is 0. The van der Waals surface area contributed by atoms with Gasteiger partial charge in [0.1, 0.15) is 5.69 Å². The molecule has 0 amide bonds. The van der Waals surface area contributed by atoms with Gasteiger partial charge in [-0.1, -0.05) is 27.7 Å². The van der Waals surface area contributed by atoms with Gasteiger partial charge in [0, 0.05) is 6.42 Å². The van der Waals surface area contributed by atoms with Crippen molar-refractivity contribution in [1.29, 1.82) is 0 Å². The minimum Gasteiger partial charge on any atom is -0.618 e. The Morgan fingerprint density at radius 1 is 1.20 bits per heavy atom. The zero-order chi connectivity index (χ0) is 11.4. The minimum absolute atomic E-state index is 0.486. The Morgan fingerprint density at radius 2 is 1.80 bits per heavy atom. The van der Waals surface area contributed by atoms with Crippen LogP contribution in [0.3, 0.4) is 0 Å². The van der Waals surface area contributed by atoms with E-state index in [1.54, 1.807) is 6.20 Å². The first-order chi connectivity index (χ1) is 7.00. The van der Waals surface area contributed by atoms with Crippen LogP contribution in [0.1, 0.15) is 39.1 Å². The first-order valence-corrected chi connectivity index (χ1v) is 5.56. The van der Waals surface area contributed by atoms with Gasteiger partial charge in [0.15, 0.2) is 6.20 Å². The minimum atomic E-state index is 0.486. The van der Waals surface area contributed by atoms with Crippen molar-refractivity contribution < 1.29 is 4.73 Å². The van der Waals surface area contributed by atoms with E-state index in [0.29, 0.717) is 11.8 Å². The maximum atomic E-state index is 11.6. The topological polar surface area (TPSA) is 39.8 Å². The van der Waals surface area contributed by atoms with Crippen LogP contribution < -0.4 is 4.73 Å². The third kappa shape index (κ3) is 3.50. The van der Waals surface area contributed by atoms with Crippen LogP contribution in [0.2, 0.25) is 0 Å². The summed E-state index contributed by atoms with van der Waals surface area (Å²) in [6.07, 6.45) is 4.76. The summed E-state index contributed by atoms with van der Waals surface area (Å²) >= 11 is 0. The maximum absolute atomic E-state index is 11.6. The van der Waals surface area contributed by atoms with Gasteiger partial charge in [0.2, 0.25) is 5.69 Å². The Hall–Kier alpha value is -1.12. The van der Waals surface area contributed by atoms with Crippen molar-refractivity contribution in [3.63, 3.8) is 0 Å². The molecule has 0 unspecified atom stereocenters. The molecule has 0 fully saturated rings. The molecule has 1 heterocycles. The second-order valence-electron chi connectivity index (χ2n) is 4.84. The lowest BCUT2D eigenvalue weighted by molar-refractivity contribution is -0.615. The molecule has 0 atom stereocenters. The molecule has 0 aliphatic heterocycles. The summed E-state index contributed by atoms with van der Waals surface area (Å²) in [6, 6.07) is 0. The summed E-state index contributed by atoms with van der Waals surface area (Å²) in [5.41, 5.74) is 1.79. The van der Waals surface area contributed by atoms with Crippen LogP contribution in [-0.2, 0) is 12.8 Å². The molecule has 0 aromatic carbocycles. The average molecular weight is 208 g/mol. The Morgan fingerprint density at radius 3 is 2.33 bits per heavy atom. The molecule has 0 radical (unpaired) electrons. The summed E-state index contributed by atoms with van der Waals surface area (Å²) in [6.45, 7) is 8.52. The third-order valence-corrected chi connectivity index (χ3v) is 2.23. The number of nitrogens with zero attached hydrogens (tertiary/aromatic N) is 2. The lowest BCUT2D eigenvalue weighted by Crippen LogP contribution is -2.34. The van der Waals surface area contributed by atoms with Crippen molar-refractivity contribution in [1.82, 2.24) is 4.98 Å². The molecule has 0 aliphatic carbocycles. The van der Waals surface area contributed by atoms with Crippen LogP contribution in [0.15, 0.2) is 12.4 Å². The molecule has 0 saturated heterocycles. The van der Waals surface area contributed by atoms with E-state index in [9.17, 15) is 5.21 Å². The first kappa shape index (κ1) is 12.0. The van der Waals surface area contributed by atoms with E-state index in [4.69, 9.17) is 0 Å². The molecule has 84 valence electrons. The van der Waals surface area contributed by atoms with Crippen LogP contribution in [0, 0.1) is 17.0 Å². The highest BCUT2D eigenvalue weighted by atomic mass is 16.5. The number of aromatic nitrogens is 2. The summed E-state index contributed by atoms with van der Waals surface area (Å²) in [5, 5.41) is 11.6. The zero-order valence-corrected chi connectivity index (χ0v) is 10.0. The fourth-order valence-corrected chi connectivity index (χ4v) is 1.63. The molecule has 0 aliphatic rings.